The minimum absolute atomic E-state index is 0. The Morgan fingerprint density at radius 1 is 0.562 bits per heavy atom. The second kappa shape index (κ2) is 29.3. The lowest BCUT2D eigenvalue weighted by molar-refractivity contribution is -0.155. The molecule has 0 heterocycles. The average Bonchev–Trinajstić information content (AvgIpc) is 3.27. The van der Waals surface area contributed by atoms with E-state index in [4.69, 9.17) is 29.5 Å². The van der Waals surface area contributed by atoms with Crippen LogP contribution >= 0.6 is 0 Å². The van der Waals surface area contributed by atoms with Gasteiger partial charge in [-0.2, -0.15) is 0 Å². The van der Waals surface area contributed by atoms with E-state index in [9.17, 15) is 37.5 Å². The first-order chi connectivity index (χ1) is 30.2. The van der Waals surface area contributed by atoms with Crippen molar-refractivity contribution in [3.05, 3.63) is 108 Å². The van der Waals surface area contributed by atoms with Crippen molar-refractivity contribution in [1.82, 2.24) is 16.1 Å². The third kappa shape index (κ3) is 18.2. The Morgan fingerprint density at radius 3 is 1.28 bits per heavy atom. The summed E-state index contributed by atoms with van der Waals surface area (Å²) in [5, 5.41) is 5.00. The molecule has 0 radical (unpaired) electrons. The number of nitrogens with one attached hydrogen (secondary N) is 3. The van der Waals surface area contributed by atoms with Crippen molar-refractivity contribution >= 4 is 35.6 Å². The van der Waals surface area contributed by atoms with Crippen LogP contribution in [0.5, 0.6) is 11.5 Å². The monoisotopic (exact) mass is 898 g/mol. The van der Waals surface area contributed by atoms with Gasteiger partial charge in [0.1, 0.15) is 23.1 Å². The Morgan fingerprint density at radius 2 is 0.938 bits per heavy atom. The van der Waals surface area contributed by atoms with Crippen LogP contribution in [-0.4, -0.2) is 87.2 Å². The van der Waals surface area contributed by atoms with Gasteiger partial charge in [-0.05, 0) is 92.3 Å². The molecule has 4 rings (SSSR count). The number of hydrogen-bond acceptors (Lipinski definition) is 14. The van der Waals surface area contributed by atoms with Crippen LogP contribution in [-0.2, 0) is 55.8 Å². The highest BCUT2D eigenvalue weighted by molar-refractivity contribution is 6.35. The van der Waals surface area contributed by atoms with E-state index < -0.39 is 47.7 Å². The van der Waals surface area contributed by atoms with Gasteiger partial charge in [0.15, 0.2) is 0 Å². The Labute approximate surface area is 369 Å². The van der Waals surface area contributed by atoms with E-state index in [-0.39, 0.29) is 62.6 Å². The molecule has 0 bridgehead atoms. The number of benzene rings is 4. The molecule has 0 spiro atoms. The number of rotatable bonds is 17. The van der Waals surface area contributed by atoms with Gasteiger partial charge in [-0.3, -0.25) is 41.1 Å². The number of halogens is 2. The lowest BCUT2D eigenvalue weighted by Gasteiger charge is -2.18. The van der Waals surface area contributed by atoms with E-state index in [1.165, 1.54) is 38.5 Å². The van der Waals surface area contributed by atoms with Crippen LogP contribution < -0.4 is 43.1 Å². The zero-order valence-corrected chi connectivity index (χ0v) is 36.2. The molecular formula is C44H56F2N6O12. The number of amides is 3. The largest absolute Gasteiger partial charge is 0.496 e. The predicted octanol–water partition coefficient (Wildman–Crippen LogP) is 2.51. The number of hydrogen-bond donors (Lipinski definition) is 6. The molecule has 0 saturated carbocycles. The van der Waals surface area contributed by atoms with E-state index >= 15 is 0 Å². The predicted molar refractivity (Wildman–Crippen MR) is 231 cm³/mol. The third-order valence-electron chi connectivity index (χ3n) is 8.72. The van der Waals surface area contributed by atoms with Gasteiger partial charge in [0, 0.05) is 23.2 Å². The zero-order chi connectivity index (χ0) is 46.9. The summed E-state index contributed by atoms with van der Waals surface area (Å²) in [4.78, 5) is 70.7. The summed E-state index contributed by atoms with van der Waals surface area (Å²) in [6, 6.07) is 21.5. The van der Waals surface area contributed by atoms with Crippen molar-refractivity contribution < 1.29 is 66.7 Å². The van der Waals surface area contributed by atoms with Gasteiger partial charge in [-0.25, -0.2) is 19.4 Å². The van der Waals surface area contributed by atoms with Crippen LogP contribution in [0.25, 0.3) is 22.3 Å². The number of carbonyl (C=O) groups is 6. The van der Waals surface area contributed by atoms with Crippen molar-refractivity contribution in [2.75, 3.05) is 34.0 Å². The molecule has 18 nitrogen and oxygen atoms in total. The SMILES string of the molecule is CCOC(=O)C[C@@H](Cc1ccc(-c2cc(F)ccc2OC)cc1)NC(=O)C(=O)NN.CCOC(=O)C[C@@H](Cc1ccc(-c2cc(F)ccc2OC)cc1)NC(=O)C(=O)OCC.NN.O. The Balaban J connectivity index is 0.000000607. The number of methoxy groups -OCH3 is 2. The van der Waals surface area contributed by atoms with Crippen LogP contribution in [0.2, 0.25) is 0 Å². The molecule has 0 aliphatic carbocycles. The first kappa shape index (κ1) is 55.0. The fourth-order valence-corrected chi connectivity index (χ4v) is 5.97. The smallest absolute Gasteiger partial charge is 0.396 e. The van der Waals surface area contributed by atoms with Crippen LogP contribution in [0.3, 0.4) is 0 Å². The molecule has 64 heavy (non-hydrogen) atoms. The molecule has 0 aliphatic heterocycles. The van der Waals surface area contributed by atoms with Crippen LogP contribution in [0.15, 0.2) is 84.9 Å². The van der Waals surface area contributed by atoms with Crippen LogP contribution in [0.4, 0.5) is 8.78 Å². The molecule has 0 saturated heterocycles. The molecule has 2 atom stereocenters. The second-order valence-electron chi connectivity index (χ2n) is 13.0. The fraction of sp³-hybridized carbons (Fsp3) is 0.318. The van der Waals surface area contributed by atoms with Gasteiger partial charge in [0.05, 0.1) is 46.9 Å². The zero-order valence-electron chi connectivity index (χ0n) is 36.2. The topological polar surface area (TPSA) is 294 Å². The normalized spacial score (nSPS) is 10.9. The first-order valence-electron chi connectivity index (χ1n) is 19.5. The maximum atomic E-state index is 13.7. The van der Waals surface area contributed by atoms with Gasteiger partial charge in [-0.15, -0.1) is 0 Å². The highest BCUT2D eigenvalue weighted by Gasteiger charge is 2.24. The number of nitrogens with two attached hydrogens (primary N) is 3. The van der Waals surface area contributed by atoms with E-state index in [0.29, 0.717) is 22.6 Å². The highest BCUT2D eigenvalue weighted by Crippen LogP contribution is 2.32. The van der Waals surface area contributed by atoms with E-state index in [0.717, 1.165) is 22.3 Å². The highest BCUT2D eigenvalue weighted by atomic mass is 19.1. The van der Waals surface area contributed by atoms with Gasteiger partial charge < -0.3 is 39.8 Å². The first-order valence-corrected chi connectivity index (χ1v) is 19.5. The second-order valence-corrected chi connectivity index (χ2v) is 13.0. The van der Waals surface area contributed by atoms with Crippen molar-refractivity contribution in [1.29, 1.82) is 0 Å². The van der Waals surface area contributed by atoms with Crippen molar-refractivity contribution in [3.63, 3.8) is 0 Å². The molecule has 348 valence electrons. The van der Waals surface area contributed by atoms with Crippen molar-refractivity contribution in [2.45, 2.75) is 58.5 Å². The minimum atomic E-state index is -1.02. The fourth-order valence-electron chi connectivity index (χ4n) is 5.97. The summed E-state index contributed by atoms with van der Waals surface area (Å²) in [7, 11) is 3.02. The maximum Gasteiger partial charge on any atom is 0.396 e. The lowest BCUT2D eigenvalue weighted by Crippen LogP contribution is -2.48. The Hall–Kier alpha value is -7.00. The number of ether oxygens (including phenoxy) is 5. The third-order valence-corrected chi connectivity index (χ3v) is 8.72. The number of carbonyl (C=O) groups excluding carboxylic acids is 6. The Kier molecular flexibility index (Phi) is 25.2. The summed E-state index contributed by atoms with van der Waals surface area (Å²) < 4.78 is 52.5. The maximum absolute atomic E-state index is 13.7. The summed E-state index contributed by atoms with van der Waals surface area (Å²) in [5.41, 5.74) is 6.02. The Bertz CT molecular complexity index is 2130. The molecule has 11 N–H and O–H groups in total. The molecule has 20 heteroatoms. The summed E-state index contributed by atoms with van der Waals surface area (Å²) >= 11 is 0. The quantitative estimate of drug-likeness (QED) is 0.0222. The molecule has 4 aromatic rings. The summed E-state index contributed by atoms with van der Waals surface area (Å²) in [6.45, 7) is 5.43. The van der Waals surface area contributed by atoms with Gasteiger partial charge >= 0.3 is 35.6 Å². The van der Waals surface area contributed by atoms with Crippen molar-refractivity contribution in [3.8, 4) is 33.8 Å². The van der Waals surface area contributed by atoms with Gasteiger partial charge in [-0.1, -0.05) is 48.5 Å². The summed E-state index contributed by atoms with van der Waals surface area (Å²) in [5.74, 6) is 8.39. The average molecular weight is 899 g/mol. The van der Waals surface area contributed by atoms with Gasteiger partial charge in [0.25, 0.3) is 0 Å². The number of hydrazine groups is 2. The van der Waals surface area contributed by atoms with E-state index in [1.807, 2.05) is 0 Å². The molecular weight excluding hydrogens is 843 g/mol. The summed E-state index contributed by atoms with van der Waals surface area (Å²) in [6.07, 6.45) is 0.336. The molecule has 3 amide bonds. The van der Waals surface area contributed by atoms with Gasteiger partial charge in [0.2, 0.25) is 0 Å². The molecule has 0 fully saturated rings. The minimum Gasteiger partial charge on any atom is -0.496 e. The van der Waals surface area contributed by atoms with Crippen LogP contribution in [0, 0.1) is 11.6 Å². The molecule has 0 aromatic heterocycles. The van der Waals surface area contributed by atoms with Crippen LogP contribution in [0.1, 0.15) is 44.7 Å². The van der Waals surface area contributed by atoms with Crippen molar-refractivity contribution in [2.24, 2.45) is 17.5 Å². The molecule has 0 aliphatic rings. The number of esters is 3. The van der Waals surface area contributed by atoms with E-state index in [2.05, 4.69) is 22.3 Å². The lowest BCUT2D eigenvalue weighted by atomic mass is 9.98. The molecule has 0 unspecified atom stereocenters. The standard InChI is InChI=1S/C23H26FNO6.C21H24FN3O5.H4N2.H2O/c1-4-30-21(26)14-18(25-22(27)23(28)31-5-2)12-15-6-8-16(9-7-15)19-13-17(24)10-11-20(19)29-3;1-3-30-19(26)12-16(24-20(27)21(28)25-23)10-13-4-6-14(7-5-13)17-11-15(22)8-9-18(17)29-2;1-2;/h6-11,13,18H,4-5,12,14H2,1-3H3,(H,25,27);4-9,11,16H,3,10,12,23H2,1-2H3,(H,24,27)(H,25,28);1-2H2;1H2/t18-;16-;;/m11../s1. The van der Waals surface area contributed by atoms with E-state index in [1.54, 1.807) is 86.9 Å². The molecule has 4 aromatic carbocycles.